The van der Waals surface area contributed by atoms with Crippen molar-refractivity contribution < 1.29 is 4.79 Å². The molecule has 2 heterocycles. The summed E-state index contributed by atoms with van der Waals surface area (Å²) >= 11 is 1.33. The average Bonchev–Trinajstić information content (AvgIpc) is 3.15. The highest BCUT2D eigenvalue weighted by molar-refractivity contribution is 8.00. The second-order valence-corrected chi connectivity index (χ2v) is 8.13. The van der Waals surface area contributed by atoms with Crippen LogP contribution in [0.1, 0.15) is 22.3 Å². The van der Waals surface area contributed by atoms with E-state index in [1.165, 1.54) is 23.7 Å². The lowest BCUT2D eigenvalue weighted by Crippen LogP contribution is -2.15. The van der Waals surface area contributed by atoms with Crippen molar-refractivity contribution in [3.63, 3.8) is 0 Å². The highest BCUT2D eigenvalue weighted by atomic mass is 32.2. The molecule has 8 heteroatoms. The number of hydrogen-bond donors (Lipinski definition) is 1. The van der Waals surface area contributed by atoms with Crippen LogP contribution in [0.3, 0.4) is 0 Å². The average molecular weight is 419 g/mol. The van der Waals surface area contributed by atoms with Crippen LogP contribution in [0.15, 0.2) is 53.8 Å². The van der Waals surface area contributed by atoms with E-state index in [-0.39, 0.29) is 11.7 Å². The minimum Gasteiger partial charge on any atom is -0.325 e. The summed E-state index contributed by atoms with van der Waals surface area (Å²) < 4.78 is 1.75. The van der Waals surface area contributed by atoms with Gasteiger partial charge in [0.1, 0.15) is 11.4 Å². The number of rotatable bonds is 6. The Labute approximate surface area is 178 Å². The van der Waals surface area contributed by atoms with E-state index in [0.717, 1.165) is 22.4 Å². The second kappa shape index (κ2) is 8.62. The zero-order chi connectivity index (χ0) is 21.1. The Kier molecular flexibility index (Phi) is 5.76. The van der Waals surface area contributed by atoms with Crippen LogP contribution in [0.5, 0.6) is 0 Å². The molecule has 30 heavy (non-hydrogen) atoms. The minimum atomic E-state index is -0.0903. The Hall–Kier alpha value is -3.26. The lowest BCUT2D eigenvalue weighted by molar-refractivity contribution is -0.113. The molecule has 0 saturated carbocycles. The summed E-state index contributed by atoms with van der Waals surface area (Å²) in [6, 6.07) is 14.1. The molecule has 0 radical (unpaired) electrons. The Bertz CT molecular complexity index is 1200. The van der Waals surface area contributed by atoms with Crippen LogP contribution in [0.2, 0.25) is 0 Å². The minimum absolute atomic E-state index is 0.0903. The monoisotopic (exact) mass is 418 g/mol. The molecule has 2 aromatic carbocycles. The number of aromatic nitrogens is 5. The summed E-state index contributed by atoms with van der Waals surface area (Å²) in [6.45, 7) is 6.66. The van der Waals surface area contributed by atoms with Crippen molar-refractivity contribution in [1.82, 2.24) is 25.0 Å². The van der Waals surface area contributed by atoms with Crippen molar-refractivity contribution >= 4 is 34.5 Å². The summed E-state index contributed by atoms with van der Waals surface area (Å²) in [4.78, 5) is 21.1. The van der Waals surface area contributed by atoms with Crippen molar-refractivity contribution in [2.24, 2.45) is 0 Å². The quantitative estimate of drug-likeness (QED) is 0.377. The maximum atomic E-state index is 12.4. The van der Waals surface area contributed by atoms with Crippen LogP contribution in [0.4, 0.5) is 5.69 Å². The molecule has 0 fully saturated rings. The Morgan fingerprint density at radius 2 is 1.87 bits per heavy atom. The van der Waals surface area contributed by atoms with E-state index in [0.29, 0.717) is 22.7 Å². The largest absolute Gasteiger partial charge is 0.325 e. The fourth-order valence-corrected chi connectivity index (χ4v) is 3.79. The van der Waals surface area contributed by atoms with E-state index in [4.69, 9.17) is 0 Å². The van der Waals surface area contributed by atoms with Gasteiger partial charge < -0.3 is 5.32 Å². The maximum absolute atomic E-state index is 12.4. The van der Waals surface area contributed by atoms with Gasteiger partial charge in [-0.15, -0.1) is 5.10 Å². The summed E-state index contributed by atoms with van der Waals surface area (Å²) in [6.07, 6.45) is 1.49. The smallest absolute Gasteiger partial charge is 0.234 e. The van der Waals surface area contributed by atoms with Crippen LogP contribution >= 0.6 is 11.8 Å². The Balaban J connectivity index is 1.47. The van der Waals surface area contributed by atoms with Crippen LogP contribution in [0.25, 0.3) is 11.2 Å². The fraction of sp³-hybridized carbons (Fsp3) is 0.227. The number of aryl methyl sites for hydroxylation is 2. The Morgan fingerprint density at radius 1 is 1.07 bits per heavy atom. The van der Waals surface area contributed by atoms with Crippen molar-refractivity contribution in [2.75, 3.05) is 11.1 Å². The molecule has 0 unspecified atom stereocenters. The van der Waals surface area contributed by atoms with Crippen LogP contribution in [-0.4, -0.2) is 36.6 Å². The first-order valence-corrected chi connectivity index (χ1v) is 10.6. The van der Waals surface area contributed by atoms with Gasteiger partial charge in [0.2, 0.25) is 5.91 Å². The third-order valence-electron chi connectivity index (χ3n) is 4.94. The molecular formula is C22H22N6OS. The highest BCUT2D eigenvalue weighted by Gasteiger charge is 2.14. The number of fused-ring (bicyclic) bond motifs is 1. The molecule has 4 aromatic rings. The van der Waals surface area contributed by atoms with Gasteiger partial charge in [-0.25, -0.2) is 14.6 Å². The van der Waals surface area contributed by atoms with Crippen LogP contribution in [-0.2, 0) is 11.3 Å². The van der Waals surface area contributed by atoms with Crippen molar-refractivity contribution in [2.45, 2.75) is 32.3 Å². The number of thioether (sulfide) groups is 1. The van der Waals surface area contributed by atoms with E-state index in [1.807, 2.05) is 32.0 Å². The molecule has 0 saturated heterocycles. The van der Waals surface area contributed by atoms with Gasteiger partial charge >= 0.3 is 0 Å². The fourth-order valence-electron chi connectivity index (χ4n) is 3.06. The van der Waals surface area contributed by atoms with Gasteiger partial charge in [0, 0.05) is 5.69 Å². The van der Waals surface area contributed by atoms with Gasteiger partial charge in [0.05, 0.1) is 12.3 Å². The molecule has 0 aliphatic carbocycles. The molecule has 0 spiro atoms. The number of nitrogens with one attached hydrogen (secondary N) is 1. The predicted octanol–water partition coefficient (Wildman–Crippen LogP) is 3.93. The van der Waals surface area contributed by atoms with E-state index in [9.17, 15) is 4.79 Å². The molecule has 4 rings (SSSR count). The molecule has 7 nitrogen and oxygen atoms in total. The number of benzene rings is 2. The van der Waals surface area contributed by atoms with Crippen LogP contribution in [0, 0.1) is 20.8 Å². The first kappa shape index (κ1) is 20.0. The third-order valence-corrected chi connectivity index (χ3v) is 5.92. The molecule has 0 bridgehead atoms. The van der Waals surface area contributed by atoms with Gasteiger partial charge in [-0.05, 0) is 43.5 Å². The second-order valence-electron chi connectivity index (χ2n) is 7.17. The summed E-state index contributed by atoms with van der Waals surface area (Å²) in [5.41, 5.74) is 6.63. The molecule has 2 aromatic heterocycles. The molecule has 152 valence electrons. The van der Waals surface area contributed by atoms with Crippen molar-refractivity contribution in [3.05, 3.63) is 71.0 Å². The van der Waals surface area contributed by atoms with Crippen molar-refractivity contribution in [1.29, 1.82) is 0 Å². The number of carbonyl (C=O) groups excluding carboxylic acids is 1. The lowest BCUT2D eigenvalue weighted by Gasteiger charge is -2.10. The summed E-state index contributed by atoms with van der Waals surface area (Å²) in [5, 5.41) is 12.1. The van der Waals surface area contributed by atoms with Crippen molar-refractivity contribution in [3.8, 4) is 0 Å². The lowest BCUT2D eigenvalue weighted by atomic mass is 10.1. The number of anilines is 1. The first-order valence-electron chi connectivity index (χ1n) is 9.60. The summed E-state index contributed by atoms with van der Waals surface area (Å²) in [5.74, 6) is 0.136. The number of nitrogens with zero attached hydrogens (tertiary/aromatic N) is 5. The van der Waals surface area contributed by atoms with E-state index < -0.39 is 0 Å². The Morgan fingerprint density at radius 3 is 2.67 bits per heavy atom. The highest BCUT2D eigenvalue weighted by Crippen LogP contribution is 2.24. The predicted molar refractivity (Wildman–Crippen MR) is 119 cm³/mol. The van der Waals surface area contributed by atoms with Gasteiger partial charge in [-0.2, -0.15) is 0 Å². The molecular weight excluding hydrogens is 396 g/mol. The van der Waals surface area contributed by atoms with Crippen LogP contribution < -0.4 is 5.32 Å². The van der Waals surface area contributed by atoms with Gasteiger partial charge in [-0.3, -0.25) is 4.79 Å². The number of hydrogen-bond acceptors (Lipinski definition) is 6. The third kappa shape index (κ3) is 4.33. The zero-order valence-corrected chi connectivity index (χ0v) is 17.9. The molecule has 0 atom stereocenters. The number of carbonyl (C=O) groups is 1. The van der Waals surface area contributed by atoms with E-state index in [2.05, 4.69) is 56.8 Å². The standard InChI is InChI=1S/C22H22N6OS/c1-14-7-9-17(10-8-14)11-28-21-20(26-27-28)22(24-13-23-21)30-12-19(29)25-18-6-4-5-15(2)16(18)3/h4-10,13H,11-12H2,1-3H3,(H,25,29). The van der Waals surface area contributed by atoms with E-state index in [1.54, 1.807) is 4.68 Å². The SMILES string of the molecule is Cc1ccc(Cn2nnc3c(SCC(=O)Nc4cccc(C)c4C)ncnc32)cc1. The zero-order valence-electron chi connectivity index (χ0n) is 17.1. The normalized spacial score (nSPS) is 11.0. The first-order chi connectivity index (χ1) is 14.5. The number of amides is 1. The molecule has 0 aliphatic heterocycles. The molecule has 1 amide bonds. The topological polar surface area (TPSA) is 85.6 Å². The molecule has 0 aliphatic rings. The molecule has 1 N–H and O–H groups in total. The van der Waals surface area contributed by atoms with Gasteiger partial charge in [-0.1, -0.05) is 58.9 Å². The maximum Gasteiger partial charge on any atom is 0.234 e. The van der Waals surface area contributed by atoms with Gasteiger partial charge in [0.25, 0.3) is 0 Å². The van der Waals surface area contributed by atoms with E-state index >= 15 is 0 Å². The summed E-state index contributed by atoms with van der Waals surface area (Å²) in [7, 11) is 0. The van der Waals surface area contributed by atoms with Gasteiger partial charge in [0.15, 0.2) is 11.2 Å².